The quantitative estimate of drug-likeness (QED) is 0.611. The molecule has 166 valence electrons. The minimum Gasteiger partial charge on any atom is -0.458 e. The number of esters is 1. The maximum atomic E-state index is 13.9. The maximum absolute atomic E-state index is 13.9. The number of nitrogens with one attached hydrogen (secondary N) is 2. The molecule has 0 radical (unpaired) electrons. The number of carbonyl (C=O) groups is 2. The third kappa shape index (κ3) is 4.37. The molecule has 3 rings (SSSR count). The minimum atomic E-state index is -1.32. The number of hydrogen-bond acceptors (Lipinski definition) is 5. The summed E-state index contributed by atoms with van der Waals surface area (Å²) in [7, 11) is 0. The Morgan fingerprint density at radius 1 is 1.03 bits per heavy atom. The zero-order chi connectivity index (χ0) is 22.4. The van der Waals surface area contributed by atoms with Gasteiger partial charge in [-0.25, -0.2) is 9.59 Å². The molecule has 0 aromatic heterocycles. The molecule has 0 unspecified atom stereocenters. The summed E-state index contributed by atoms with van der Waals surface area (Å²) in [5.41, 5.74) is -1.33. The second kappa shape index (κ2) is 7.83. The number of amides is 1. The number of halogens is 1. The standard InChI is InChI=1S/C23H33BrN2O4/c1-20(2,3)29-18(27)23(26-19(28)30-21(4,5)6)17-13-16(24)8-7-15(17)14-22(23)9-11-25-12-10-22/h7-8,13,25H,9-12,14H2,1-6H3,(H,26,28)/t23-/m1/s1. The summed E-state index contributed by atoms with van der Waals surface area (Å²) in [5, 5.41) is 6.42. The summed E-state index contributed by atoms with van der Waals surface area (Å²) in [6.07, 6.45) is 1.58. The summed E-state index contributed by atoms with van der Waals surface area (Å²) < 4.78 is 12.4. The van der Waals surface area contributed by atoms with Gasteiger partial charge in [-0.3, -0.25) is 0 Å². The van der Waals surface area contributed by atoms with Gasteiger partial charge >= 0.3 is 12.1 Å². The lowest BCUT2D eigenvalue weighted by atomic mass is 9.64. The molecule has 1 saturated heterocycles. The van der Waals surface area contributed by atoms with E-state index in [1.165, 1.54) is 0 Å². The van der Waals surface area contributed by atoms with Gasteiger partial charge in [0.1, 0.15) is 11.2 Å². The third-order valence-electron chi connectivity index (χ3n) is 5.75. The lowest BCUT2D eigenvalue weighted by Crippen LogP contribution is -2.64. The van der Waals surface area contributed by atoms with E-state index in [0.29, 0.717) is 6.42 Å². The molecule has 1 aliphatic heterocycles. The smallest absolute Gasteiger partial charge is 0.408 e. The number of fused-ring (bicyclic) bond motifs is 1. The fourth-order valence-electron chi connectivity index (χ4n) is 4.68. The Labute approximate surface area is 187 Å². The number of benzene rings is 1. The zero-order valence-electron chi connectivity index (χ0n) is 18.8. The molecule has 30 heavy (non-hydrogen) atoms. The van der Waals surface area contributed by atoms with Crippen LogP contribution in [0.1, 0.15) is 65.5 Å². The van der Waals surface area contributed by atoms with Gasteiger partial charge in [0.05, 0.1) is 0 Å². The van der Waals surface area contributed by atoms with Crippen molar-refractivity contribution in [2.24, 2.45) is 5.41 Å². The van der Waals surface area contributed by atoms with Gasteiger partial charge in [-0.2, -0.15) is 0 Å². The van der Waals surface area contributed by atoms with Crippen molar-refractivity contribution in [2.45, 2.75) is 77.5 Å². The van der Waals surface area contributed by atoms with Crippen LogP contribution in [0, 0.1) is 5.41 Å². The highest BCUT2D eigenvalue weighted by atomic mass is 79.9. The Hall–Kier alpha value is -1.60. The Morgan fingerprint density at radius 3 is 2.20 bits per heavy atom. The van der Waals surface area contributed by atoms with Crippen molar-refractivity contribution in [3.63, 3.8) is 0 Å². The fourth-order valence-corrected chi connectivity index (χ4v) is 5.04. The number of rotatable bonds is 2. The third-order valence-corrected chi connectivity index (χ3v) is 6.25. The first-order valence-electron chi connectivity index (χ1n) is 10.5. The molecule has 1 heterocycles. The summed E-state index contributed by atoms with van der Waals surface area (Å²) in [6.45, 7) is 12.5. The number of hydrogen-bond donors (Lipinski definition) is 2. The number of carbonyl (C=O) groups excluding carboxylic acids is 2. The first-order chi connectivity index (χ1) is 13.8. The van der Waals surface area contributed by atoms with E-state index in [1.807, 2.05) is 59.7 Å². The van der Waals surface area contributed by atoms with Crippen molar-refractivity contribution in [3.8, 4) is 0 Å². The van der Waals surface area contributed by atoms with E-state index in [4.69, 9.17) is 9.47 Å². The van der Waals surface area contributed by atoms with Gasteiger partial charge in [0.2, 0.25) is 0 Å². The number of ether oxygens (including phenoxy) is 2. The van der Waals surface area contributed by atoms with Gasteiger partial charge in [0, 0.05) is 9.89 Å². The lowest BCUT2D eigenvalue weighted by molar-refractivity contribution is -0.171. The summed E-state index contributed by atoms with van der Waals surface area (Å²) >= 11 is 3.55. The van der Waals surface area contributed by atoms with Crippen LogP contribution in [0.5, 0.6) is 0 Å². The van der Waals surface area contributed by atoms with E-state index in [9.17, 15) is 9.59 Å². The van der Waals surface area contributed by atoms with Crippen molar-refractivity contribution in [1.82, 2.24) is 10.6 Å². The molecular weight excluding hydrogens is 448 g/mol. The summed E-state index contributed by atoms with van der Waals surface area (Å²) in [5.74, 6) is -0.431. The summed E-state index contributed by atoms with van der Waals surface area (Å²) in [6, 6.07) is 5.95. The second-order valence-corrected chi connectivity index (χ2v) is 11.3. The van der Waals surface area contributed by atoms with Crippen LogP contribution in [-0.2, 0) is 26.2 Å². The highest BCUT2D eigenvalue weighted by molar-refractivity contribution is 9.10. The predicted molar refractivity (Wildman–Crippen MR) is 119 cm³/mol. The van der Waals surface area contributed by atoms with Crippen LogP contribution >= 0.6 is 15.9 Å². The second-order valence-electron chi connectivity index (χ2n) is 10.4. The molecule has 1 atom stereocenters. The van der Waals surface area contributed by atoms with Gasteiger partial charge in [0.15, 0.2) is 5.54 Å². The topological polar surface area (TPSA) is 76.7 Å². The van der Waals surface area contributed by atoms with Crippen molar-refractivity contribution >= 4 is 28.0 Å². The van der Waals surface area contributed by atoms with Gasteiger partial charge < -0.3 is 20.1 Å². The zero-order valence-corrected chi connectivity index (χ0v) is 20.4. The van der Waals surface area contributed by atoms with Crippen LogP contribution in [0.3, 0.4) is 0 Å². The average molecular weight is 481 g/mol. The number of piperidine rings is 1. The van der Waals surface area contributed by atoms with Gasteiger partial charge in [-0.15, -0.1) is 0 Å². The van der Waals surface area contributed by atoms with Crippen molar-refractivity contribution in [1.29, 1.82) is 0 Å². The molecule has 0 saturated carbocycles. The molecule has 6 nitrogen and oxygen atoms in total. The molecule has 7 heteroatoms. The molecule has 2 N–H and O–H groups in total. The number of alkyl carbamates (subject to hydrolysis) is 1. The van der Waals surface area contributed by atoms with Crippen molar-refractivity contribution in [2.75, 3.05) is 13.1 Å². The van der Waals surface area contributed by atoms with Gasteiger partial charge in [-0.1, -0.05) is 22.0 Å². The molecule has 1 fully saturated rings. The Balaban J connectivity index is 2.19. The van der Waals surface area contributed by atoms with Crippen LogP contribution in [0.25, 0.3) is 0 Å². The largest absolute Gasteiger partial charge is 0.458 e. The van der Waals surface area contributed by atoms with E-state index < -0.39 is 34.2 Å². The molecule has 1 aromatic carbocycles. The van der Waals surface area contributed by atoms with E-state index >= 15 is 0 Å². The molecule has 1 aromatic rings. The molecule has 1 aliphatic carbocycles. The first kappa shape index (κ1) is 23.1. The van der Waals surface area contributed by atoms with Gasteiger partial charge in [0.25, 0.3) is 0 Å². The Morgan fingerprint density at radius 2 is 1.63 bits per heavy atom. The van der Waals surface area contributed by atoms with Crippen LogP contribution in [0.4, 0.5) is 4.79 Å². The Kier molecular flexibility index (Phi) is 6.02. The molecular formula is C23H33BrN2O4. The molecule has 0 bridgehead atoms. The fraction of sp³-hybridized carbons (Fsp3) is 0.652. The van der Waals surface area contributed by atoms with E-state index in [1.54, 1.807) is 0 Å². The normalized spacial score (nSPS) is 23.0. The Bertz CT molecular complexity index is 835. The average Bonchev–Trinajstić information content (AvgIpc) is 2.82. The van der Waals surface area contributed by atoms with Gasteiger partial charge in [-0.05, 0) is 97.2 Å². The van der Waals surface area contributed by atoms with Crippen molar-refractivity contribution in [3.05, 3.63) is 33.8 Å². The van der Waals surface area contributed by atoms with Crippen LogP contribution in [0.15, 0.2) is 22.7 Å². The monoisotopic (exact) mass is 480 g/mol. The summed E-state index contributed by atoms with van der Waals surface area (Å²) in [4.78, 5) is 26.9. The molecule has 2 aliphatic rings. The highest BCUT2D eigenvalue weighted by Crippen LogP contribution is 2.56. The maximum Gasteiger partial charge on any atom is 0.408 e. The van der Waals surface area contributed by atoms with Crippen LogP contribution in [0.2, 0.25) is 0 Å². The molecule has 1 spiro atoms. The van der Waals surface area contributed by atoms with E-state index in [-0.39, 0.29) is 0 Å². The van der Waals surface area contributed by atoms with Crippen LogP contribution < -0.4 is 10.6 Å². The SMILES string of the molecule is CC(C)(C)OC(=O)N[C@@]1(C(=O)OC(C)(C)C)c2cc(Br)ccc2CC12CCNCC2. The predicted octanol–water partition coefficient (Wildman–Crippen LogP) is 4.44. The van der Waals surface area contributed by atoms with Crippen molar-refractivity contribution < 1.29 is 19.1 Å². The minimum absolute atomic E-state index is 0.431. The highest BCUT2D eigenvalue weighted by Gasteiger charge is 2.64. The molecule has 1 amide bonds. The first-order valence-corrected chi connectivity index (χ1v) is 11.3. The van der Waals surface area contributed by atoms with E-state index in [0.717, 1.165) is 41.5 Å². The lowest BCUT2D eigenvalue weighted by Gasteiger charge is -2.48. The van der Waals surface area contributed by atoms with E-state index in [2.05, 4.69) is 26.6 Å². The van der Waals surface area contributed by atoms with Crippen LogP contribution in [-0.4, -0.2) is 36.4 Å².